The second-order valence-electron chi connectivity index (χ2n) is 5.72. The van der Waals surface area contributed by atoms with Gasteiger partial charge in [-0.25, -0.2) is 4.39 Å². The van der Waals surface area contributed by atoms with E-state index in [0.717, 1.165) is 24.2 Å². The molecule has 0 unspecified atom stereocenters. The van der Waals surface area contributed by atoms with Crippen LogP contribution in [-0.4, -0.2) is 35.9 Å². The largest absolute Gasteiger partial charge is 0.338 e. The zero-order valence-corrected chi connectivity index (χ0v) is 14.0. The van der Waals surface area contributed by atoms with E-state index in [4.69, 9.17) is 0 Å². The van der Waals surface area contributed by atoms with E-state index in [0.29, 0.717) is 25.9 Å². The molecule has 2 rings (SSSR count). The molecule has 0 radical (unpaired) electrons. The molecule has 24 heavy (non-hydrogen) atoms. The first-order valence-corrected chi connectivity index (χ1v) is 8.26. The van der Waals surface area contributed by atoms with Crippen LogP contribution in [0.25, 0.3) is 0 Å². The van der Waals surface area contributed by atoms with Crippen LogP contribution in [0.5, 0.6) is 0 Å². The number of carbonyl (C=O) groups excluding carboxylic acids is 1. The number of halogens is 1. The first kappa shape index (κ1) is 18.1. The van der Waals surface area contributed by atoms with Gasteiger partial charge in [-0.3, -0.25) is 9.78 Å². The zero-order valence-electron chi connectivity index (χ0n) is 14.0. The summed E-state index contributed by atoms with van der Waals surface area (Å²) in [6.07, 6.45) is 3.78. The molecule has 0 aliphatic carbocycles. The summed E-state index contributed by atoms with van der Waals surface area (Å²) in [6, 6.07) is 12.1. The van der Waals surface area contributed by atoms with Gasteiger partial charge in [0.25, 0.3) is 0 Å². The van der Waals surface area contributed by atoms with Crippen LogP contribution in [0.15, 0.2) is 48.7 Å². The Balaban J connectivity index is 1.99. The van der Waals surface area contributed by atoms with Gasteiger partial charge in [-0.15, -0.1) is 0 Å². The number of hydrogen-bond acceptors (Lipinski definition) is 3. The van der Waals surface area contributed by atoms with Gasteiger partial charge in [-0.2, -0.15) is 0 Å². The second kappa shape index (κ2) is 9.78. The maximum Gasteiger partial charge on any atom is 0.222 e. The van der Waals surface area contributed by atoms with Crippen LogP contribution in [0, 0.1) is 5.82 Å². The van der Waals surface area contributed by atoms with Crippen molar-refractivity contribution in [3.8, 4) is 0 Å². The van der Waals surface area contributed by atoms with Crippen LogP contribution in [0.4, 0.5) is 4.39 Å². The molecule has 0 spiro atoms. The topological polar surface area (TPSA) is 45.2 Å². The summed E-state index contributed by atoms with van der Waals surface area (Å²) in [5, 5.41) is 3.05. The Hall–Kier alpha value is -2.27. The molecular weight excluding hydrogens is 305 g/mol. The lowest BCUT2D eigenvalue weighted by Gasteiger charge is -2.23. The van der Waals surface area contributed by atoms with Gasteiger partial charge in [0.1, 0.15) is 5.82 Å². The molecule has 0 aliphatic heterocycles. The maximum atomic E-state index is 13.1. The van der Waals surface area contributed by atoms with Crippen molar-refractivity contribution in [1.29, 1.82) is 0 Å². The van der Waals surface area contributed by atoms with Gasteiger partial charge in [0.2, 0.25) is 5.91 Å². The molecule has 0 atom stereocenters. The standard InChI is InChI=1S/C19H24FN3O/c1-21-12-4-6-19(24)23(14-11-18-5-2-3-13-22-18)15-16-7-9-17(20)10-8-16/h2-3,5,7-10,13,21H,4,6,11-12,14-15H2,1H3. The molecule has 0 fully saturated rings. The predicted octanol–water partition coefficient (Wildman–Crippen LogP) is 2.79. The van der Waals surface area contributed by atoms with Gasteiger partial charge in [0, 0.05) is 37.8 Å². The molecule has 2 aromatic rings. The van der Waals surface area contributed by atoms with Crippen LogP contribution in [0.3, 0.4) is 0 Å². The quantitative estimate of drug-likeness (QED) is 0.720. The highest BCUT2D eigenvalue weighted by molar-refractivity contribution is 5.76. The summed E-state index contributed by atoms with van der Waals surface area (Å²) in [4.78, 5) is 18.7. The first-order chi connectivity index (χ1) is 11.7. The zero-order chi connectivity index (χ0) is 17.2. The minimum Gasteiger partial charge on any atom is -0.338 e. The van der Waals surface area contributed by atoms with E-state index in [-0.39, 0.29) is 11.7 Å². The van der Waals surface area contributed by atoms with Crippen LogP contribution < -0.4 is 5.32 Å². The Kier molecular flexibility index (Phi) is 7.36. The highest BCUT2D eigenvalue weighted by atomic mass is 19.1. The fraction of sp³-hybridized carbons (Fsp3) is 0.368. The molecule has 0 saturated carbocycles. The third kappa shape index (κ3) is 6.08. The smallest absolute Gasteiger partial charge is 0.222 e. The molecule has 128 valence electrons. The SMILES string of the molecule is CNCCCC(=O)N(CCc1ccccn1)Cc1ccc(F)cc1. The van der Waals surface area contributed by atoms with Gasteiger partial charge < -0.3 is 10.2 Å². The Morgan fingerprint density at radius 1 is 1.21 bits per heavy atom. The molecule has 0 saturated heterocycles. The number of pyridine rings is 1. The van der Waals surface area contributed by atoms with Crippen LogP contribution >= 0.6 is 0 Å². The predicted molar refractivity (Wildman–Crippen MR) is 92.9 cm³/mol. The molecule has 1 heterocycles. The van der Waals surface area contributed by atoms with E-state index in [2.05, 4.69) is 10.3 Å². The van der Waals surface area contributed by atoms with Crippen molar-refractivity contribution in [3.05, 3.63) is 65.7 Å². The van der Waals surface area contributed by atoms with Gasteiger partial charge in [-0.05, 0) is 49.8 Å². The monoisotopic (exact) mass is 329 g/mol. The maximum absolute atomic E-state index is 13.1. The van der Waals surface area contributed by atoms with Gasteiger partial charge >= 0.3 is 0 Å². The number of nitrogens with zero attached hydrogens (tertiary/aromatic N) is 2. The van der Waals surface area contributed by atoms with Crippen molar-refractivity contribution in [2.45, 2.75) is 25.8 Å². The van der Waals surface area contributed by atoms with Crippen molar-refractivity contribution >= 4 is 5.91 Å². The fourth-order valence-corrected chi connectivity index (χ4v) is 2.47. The highest BCUT2D eigenvalue weighted by Crippen LogP contribution is 2.10. The highest BCUT2D eigenvalue weighted by Gasteiger charge is 2.14. The molecule has 0 aliphatic rings. The van der Waals surface area contributed by atoms with Crippen molar-refractivity contribution in [2.24, 2.45) is 0 Å². The number of rotatable bonds is 9. The lowest BCUT2D eigenvalue weighted by molar-refractivity contribution is -0.131. The summed E-state index contributed by atoms with van der Waals surface area (Å²) in [7, 11) is 1.88. The summed E-state index contributed by atoms with van der Waals surface area (Å²) < 4.78 is 13.1. The average molecular weight is 329 g/mol. The number of aromatic nitrogens is 1. The average Bonchev–Trinajstić information content (AvgIpc) is 2.61. The molecular formula is C19H24FN3O. The van der Waals surface area contributed by atoms with E-state index in [9.17, 15) is 9.18 Å². The third-order valence-electron chi connectivity index (χ3n) is 3.82. The van der Waals surface area contributed by atoms with Crippen molar-refractivity contribution < 1.29 is 9.18 Å². The number of nitrogens with one attached hydrogen (secondary N) is 1. The summed E-state index contributed by atoms with van der Waals surface area (Å²) >= 11 is 0. The Labute approximate surface area is 142 Å². The molecule has 1 N–H and O–H groups in total. The number of carbonyl (C=O) groups is 1. The van der Waals surface area contributed by atoms with E-state index in [1.165, 1.54) is 12.1 Å². The molecule has 1 aromatic carbocycles. The molecule has 5 heteroatoms. The van der Waals surface area contributed by atoms with Crippen LogP contribution in [0.2, 0.25) is 0 Å². The van der Waals surface area contributed by atoms with Crippen molar-refractivity contribution in [2.75, 3.05) is 20.1 Å². The van der Waals surface area contributed by atoms with Crippen molar-refractivity contribution in [3.63, 3.8) is 0 Å². The molecule has 4 nitrogen and oxygen atoms in total. The fourth-order valence-electron chi connectivity index (χ4n) is 2.47. The second-order valence-corrected chi connectivity index (χ2v) is 5.72. The Morgan fingerprint density at radius 3 is 2.67 bits per heavy atom. The van der Waals surface area contributed by atoms with Gasteiger partial charge in [0.15, 0.2) is 0 Å². The lowest BCUT2D eigenvalue weighted by atomic mass is 10.1. The Morgan fingerprint density at radius 2 is 2.00 bits per heavy atom. The lowest BCUT2D eigenvalue weighted by Crippen LogP contribution is -2.33. The van der Waals surface area contributed by atoms with Crippen molar-refractivity contribution in [1.82, 2.24) is 15.2 Å². The van der Waals surface area contributed by atoms with E-state index in [1.807, 2.05) is 30.1 Å². The minimum absolute atomic E-state index is 0.116. The summed E-state index contributed by atoms with van der Waals surface area (Å²) in [5.41, 5.74) is 1.89. The number of hydrogen-bond donors (Lipinski definition) is 1. The molecule has 0 bridgehead atoms. The molecule has 1 aromatic heterocycles. The normalized spacial score (nSPS) is 10.6. The summed E-state index contributed by atoms with van der Waals surface area (Å²) in [6.45, 7) is 1.91. The minimum atomic E-state index is -0.265. The van der Waals surface area contributed by atoms with Crippen LogP contribution in [0.1, 0.15) is 24.1 Å². The van der Waals surface area contributed by atoms with E-state index in [1.54, 1.807) is 18.3 Å². The number of benzene rings is 1. The molecule has 1 amide bonds. The van der Waals surface area contributed by atoms with Crippen LogP contribution in [-0.2, 0) is 17.8 Å². The Bertz CT molecular complexity index is 616. The third-order valence-corrected chi connectivity index (χ3v) is 3.82. The van der Waals surface area contributed by atoms with E-state index >= 15 is 0 Å². The van der Waals surface area contributed by atoms with E-state index < -0.39 is 0 Å². The number of amides is 1. The summed E-state index contributed by atoms with van der Waals surface area (Å²) in [5.74, 6) is -0.148. The first-order valence-electron chi connectivity index (χ1n) is 8.26. The van der Waals surface area contributed by atoms with Gasteiger partial charge in [0.05, 0.1) is 0 Å². The van der Waals surface area contributed by atoms with Gasteiger partial charge in [-0.1, -0.05) is 18.2 Å².